The molecule has 0 saturated carbocycles. The summed E-state index contributed by atoms with van der Waals surface area (Å²) in [4.78, 5) is 45.8. The number of rotatable bonds is 10. The van der Waals surface area contributed by atoms with Gasteiger partial charge < -0.3 is 14.2 Å². The number of hydrogen-bond donors (Lipinski definition) is 0. The van der Waals surface area contributed by atoms with Crippen molar-refractivity contribution in [3.63, 3.8) is 0 Å². The molecule has 4 rings (SSSR count). The van der Waals surface area contributed by atoms with E-state index < -0.39 is 21.8 Å². The van der Waals surface area contributed by atoms with E-state index in [0.29, 0.717) is 11.5 Å². The number of benzene rings is 4. The first-order valence-electron chi connectivity index (χ1n) is 11.5. The van der Waals surface area contributed by atoms with Crippen molar-refractivity contribution in [2.24, 2.45) is 0 Å². The molecule has 39 heavy (non-hydrogen) atoms. The second-order valence-electron chi connectivity index (χ2n) is 8.07. The van der Waals surface area contributed by atoms with Crippen LogP contribution in [-0.4, -0.2) is 21.8 Å². The van der Waals surface area contributed by atoms with Crippen molar-refractivity contribution in [1.29, 1.82) is 0 Å². The lowest BCUT2D eigenvalue weighted by molar-refractivity contribution is -0.386. The molecule has 0 saturated heterocycles. The Morgan fingerprint density at radius 2 is 0.923 bits per heavy atom. The Hall–Kier alpha value is -5.58. The van der Waals surface area contributed by atoms with Crippen molar-refractivity contribution in [2.75, 3.05) is 0 Å². The highest BCUT2D eigenvalue weighted by Crippen LogP contribution is 2.24. The molecule has 0 bridgehead atoms. The van der Waals surface area contributed by atoms with Gasteiger partial charge in [-0.2, -0.15) is 0 Å². The van der Waals surface area contributed by atoms with E-state index in [2.05, 4.69) is 0 Å². The smallest absolute Gasteiger partial charge is 0.338 e. The average Bonchev–Trinajstić information content (AvgIpc) is 2.95. The zero-order valence-electron chi connectivity index (χ0n) is 20.2. The van der Waals surface area contributed by atoms with Crippen LogP contribution >= 0.6 is 0 Å². The molecule has 0 radical (unpaired) electrons. The van der Waals surface area contributed by atoms with Gasteiger partial charge in [0.2, 0.25) is 0 Å². The van der Waals surface area contributed by atoms with E-state index in [1.807, 2.05) is 0 Å². The van der Waals surface area contributed by atoms with Crippen molar-refractivity contribution in [3.05, 3.63) is 140 Å². The lowest BCUT2D eigenvalue weighted by atomic mass is 10.2. The maximum absolute atomic E-state index is 12.4. The SMILES string of the molecule is O=C(OCc1ccccc1[N+](=O)[O-])c1ccc(Oc2ccc(C(=O)OCc3ccccc3[N+](=O)[O-])cc2)cc1. The summed E-state index contributed by atoms with van der Waals surface area (Å²) < 4.78 is 16.1. The maximum atomic E-state index is 12.4. The largest absolute Gasteiger partial charge is 0.457 e. The highest BCUT2D eigenvalue weighted by molar-refractivity contribution is 5.90. The van der Waals surface area contributed by atoms with Crippen LogP contribution in [0.2, 0.25) is 0 Å². The molecule has 0 aliphatic heterocycles. The summed E-state index contributed by atoms with van der Waals surface area (Å²) in [6, 6.07) is 24.2. The van der Waals surface area contributed by atoms with Crippen LogP contribution in [0.5, 0.6) is 11.5 Å². The third-order valence-corrected chi connectivity index (χ3v) is 5.51. The Morgan fingerprint density at radius 3 is 1.28 bits per heavy atom. The maximum Gasteiger partial charge on any atom is 0.338 e. The fraction of sp³-hybridized carbons (Fsp3) is 0.0714. The summed E-state index contributed by atoms with van der Waals surface area (Å²) in [5.41, 5.74) is 0.770. The molecular weight excluding hydrogens is 508 g/mol. The van der Waals surface area contributed by atoms with Gasteiger partial charge >= 0.3 is 11.9 Å². The number of hydrogen-bond acceptors (Lipinski definition) is 9. The van der Waals surface area contributed by atoms with E-state index in [1.54, 1.807) is 36.4 Å². The quantitative estimate of drug-likeness (QED) is 0.137. The van der Waals surface area contributed by atoms with Crippen LogP contribution in [0.3, 0.4) is 0 Å². The van der Waals surface area contributed by atoms with Crippen LogP contribution in [0.25, 0.3) is 0 Å². The number of nitro groups is 2. The molecule has 0 aromatic heterocycles. The van der Waals surface area contributed by atoms with Crippen LogP contribution < -0.4 is 4.74 Å². The van der Waals surface area contributed by atoms with E-state index in [-0.39, 0.29) is 46.8 Å². The van der Waals surface area contributed by atoms with Crippen molar-refractivity contribution < 1.29 is 33.6 Å². The Kier molecular flexibility index (Phi) is 8.22. The number of nitro benzene ring substituents is 2. The van der Waals surface area contributed by atoms with Crippen LogP contribution in [0.4, 0.5) is 11.4 Å². The number of carbonyl (C=O) groups is 2. The van der Waals surface area contributed by atoms with Gasteiger partial charge in [-0.15, -0.1) is 0 Å². The second kappa shape index (κ2) is 12.1. The summed E-state index contributed by atoms with van der Waals surface area (Å²) in [5, 5.41) is 22.2. The van der Waals surface area contributed by atoms with Gasteiger partial charge in [-0.05, 0) is 60.7 Å². The van der Waals surface area contributed by atoms with Gasteiger partial charge in [-0.25, -0.2) is 9.59 Å². The van der Waals surface area contributed by atoms with Crippen molar-refractivity contribution in [1.82, 2.24) is 0 Å². The number of nitrogens with zero attached hydrogens (tertiary/aromatic N) is 2. The molecule has 0 heterocycles. The topological polar surface area (TPSA) is 148 Å². The average molecular weight is 528 g/mol. The van der Waals surface area contributed by atoms with E-state index >= 15 is 0 Å². The summed E-state index contributed by atoms with van der Waals surface area (Å²) >= 11 is 0. The first-order chi connectivity index (χ1) is 18.8. The first kappa shape index (κ1) is 26.5. The highest BCUT2D eigenvalue weighted by atomic mass is 16.6. The van der Waals surface area contributed by atoms with Crippen molar-refractivity contribution in [2.45, 2.75) is 13.2 Å². The standard InChI is InChI=1S/C28H20N2O9/c31-27(37-17-21-5-1-3-7-25(21)29(33)34)19-9-13-23(14-10-19)39-24-15-11-20(12-16-24)28(32)38-18-22-6-2-4-8-26(22)30(35)36/h1-16H,17-18H2. The molecule has 0 aliphatic rings. The van der Waals surface area contributed by atoms with Crippen LogP contribution in [0.15, 0.2) is 97.1 Å². The fourth-order valence-corrected chi connectivity index (χ4v) is 3.53. The van der Waals surface area contributed by atoms with Gasteiger partial charge in [-0.1, -0.05) is 24.3 Å². The summed E-state index contributed by atoms with van der Waals surface area (Å²) in [7, 11) is 0. The molecule has 0 fully saturated rings. The number of esters is 2. The third-order valence-electron chi connectivity index (χ3n) is 5.51. The minimum absolute atomic E-state index is 0.131. The Morgan fingerprint density at radius 1 is 0.564 bits per heavy atom. The molecule has 0 atom stereocenters. The molecule has 0 amide bonds. The van der Waals surface area contributed by atoms with E-state index in [1.165, 1.54) is 60.7 Å². The van der Waals surface area contributed by atoms with Crippen molar-refractivity contribution >= 4 is 23.3 Å². The van der Waals surface area contributed by atoms with Gasteiger partial charge in [0.15, 0.2) is 0 Å². The number of ether oxygens (including phenoxy) is 3. The molecule has 196 valence electrons. The number of carbonyl (C=O) groups excluding carboxylic acids is 2. The molecular formula is C28H20N2O9. The van der Waals surface area contributed by atoms with Gasteiger partial charge in [-0.3, -0.25) is 20.2 Å². The summed E-state index contributed by atoms with van der Waals surface area (Å²) in [6.07, 6.45) is 0. The second-order valence-corrected chi connectivity index (χ2v) is 8.07. The lowest BCUT2D eigenvalue weighted by Gasteiger charge is -2.09. The van der Waals surface area contributed by atoms with Crippen LogP contribution in [0.1, 0.15) is 31.8 Å². The molecule has 11 heteroatoms. The summed E-state index contributed by atoms with van der Waals surface area (Å²) in [5.74, 6) is -0.472. The Balaban J connectivity index is 1.31. The van der Waals surface area contributed by atoms with Gasteiger partial charge in [0.1, 0.15) is 24.7 Å². The van der Waals surface area contributed by atoms with Gasteiger partial charge in [0, 0.05) is 12.1 Å². The normalized spacial score (nSPS) is 10.4. The molecule has 0 aliphatic carbocycles. The minimum Gasteiger partial charge on any atom is -0.457 e. The number of para-hydroxylation sites is 2. The molecule has 11 nitrogen and oxygen atoms in total. The van der Waals surface area contributed by atoms with Crippen LogP contribution in [-0.2, 0) is 22.7 Å². The minimum atomic E-state index is -0.650. The zero-order chi connectivity index (χ0) is 27.8. The third kappa shape index (κ3) is 6.80. The first-order valence-corrected chi connectivity index (χ1v) is 11.5. The van der Waals surface area contributed by atoms with Gasteiger partial charge in [0.05, 0.1) is 32.1 Å². The van der Waals surface area contributed by atoms with Crippen molar-refractivity contribution in [3.8, 4) is 11.5 Å². The predicted molar refractivity (Wildman–Crippen MR) is 137 cm³/mol. The van der Waals surface area contributed by atoms with E-state index in [0.717, 1.165) is 0 Å². The lowest BCUT2D eigenvalue weighted by Crippen LogP contribution is -2.06. The highest BCUT2D eigenvalue weighted by Gasteiger charge is 2.16. The van der Waals surface area contributed by atoms with E-state index in [9.17, 15) is 29.8 Å². The fourth-order valence-electron chi connectivity index (χ4n) is 3.53. The predicted octanol–water partition coefficient (Wildman–Crippen LogP) is 6.01. The molecule has 0 N–H and O–H groups in total. The van der Waals surface area contributed by atoms with E-state index in [4.69, 9.17) is 14.2 Å². The van der Waals surface area contributed by atoms with Gasteiger partial charge in [0.25, 0.3) is 11.4 Å². The molecule has 4 aromatic rings. The molecule has 0 unspecified atom stereocenters. The monoisotopic (exact) mass is 528 g/mol. The zero-order valence-corrected chi connectivity index (χ0v) is 20.2. The Bertz CT molecular complexity index is 1400. The molecule has 0 spiro atoms. The summed E-state index contributed by atoms with van der Waals surface area (Å²) in [6.45, 7) is -0.490. The Labute approximate surface area is 221 Å². The molecule has 4 aromatic carbocycles. The van der Waals surface area contributed by atoms with Crippen LogP contribution in [0, 0.1) is 20.2 Å².